The number of aryl methyl sites for hydroxylation is 1. The Kier molecular flexibility index (Phi) is 4.08. The lowest BCUT2D eigenvalue weighted by Gasteiger charge is -2.04. The monoisotopic (exact) mass is 273 g/mol. The van der Waals surface area contributed by atoms with E-state index in [-0.39, 0.29) is 17.9 Å². The maximum atomic E-state index is 11.6. The molecular formula is C10H12BrNO3. The molecular weight excluding hydrogens is 262 g/mol. The van der Waals surface area contributed by atoms with Gasteiger partial charge in [0.05, 0.1) is 13.0 Å². The molecule has 0 saturated carbocycles. The Balaban J connectivity index is 2.95. The minimum absolute atomic E-state index is 0.0138. The third-order valence-electron chi connectivity index (χ3n) is 1.86. The van der Waals surface area contributed by atoms with Gasteiger partial charge in [-0.2, -0.15) is 0 Å². The van der Waals surface area contributed by atoms with Crippen LogP contribution < -0.4 is 5.56 Å². The smallest absolute Gasteiger partial charge is 0.310 e. The molecule has 15 heavy (non-hydrogen) atoms. The van der Waals surface area contributed by atoms with Crippen molar-refractivity contribution in [3.8, 4) is 0 Å². The summed E-state index contributed by atoms with van der Waals surface area (Å²) in [7, 11) is 1.64. The van der Waals surface area contributed by atoms with Crippen molar-refractivity contribution >= 4 is 21.9 Å². The highest BCUT2D eigenvalue weighted by Crippen LogP contribution is 2.08. The number of aromatic nitrogens is 1. The van der Waals surface area contributed by atoms with Crippen LogP contribution in [0.5, 0.6) is 0 Å². The van der Waals surface area contributed by atoms with Crippen LogP contribution in [0.4, 0.5) is 0 Å². The van der Waals surface area contributed by atoms with E-state index in [1.807, 2.05) is 0 Å². The number of rotatable bonds is 3. The van der Waals surface area contributed by atoms with Crippen LogP contribution in [-0.4, -0.2) is 17.1 Å². The Bertz CT molecular complexity index is 425. The number of carbonyl (C=O) groups excluding carboxylic acids is 1. The van der Waals surface area contributed by atoms with Crippen LogP contribution in [0.3, 0.4) is 0 Å². The van der Waals surface area contributed by atoms with Crippen molar-refractivity contribution in [2.24, 2.45) is 7.05 Å². The molecule has 0 aliphatic heterocycles. The van der Waals surface area contributed by atoms with Gasteiger partial charge < -0.3 is 9.30 Å². The third kappa shape index (κ3) is 3.20. The highest BCUT2D eigenvalue weighted by Gasteiger charge is 2.09. The number of esters is 1. The van der Waals surface area contributed by atoms with E-state index >= 15 is 0 Å². The van der Waals surface area contributed by atoms with Gasteiger partial charge in [-0.15, -0.1) is 0 Å². The van der Waals surface area contributed by atoms with E-state index in [4.69, 9.17) is 4.74 Å². The van der Waals surface area contributed by atoms with Crippen LogP contribution in [-0.2, 0) is 23.0 Å². The van der Waals surface area contributed by atoms with Crippen molar-refractivity contribution in [2.45, 2.75) is 13.3 Å². The molecule has 1 aromatic heterocycles. The molecule has 0 aliphatic rings. The summed E-state index contributed by atoms with van der Waals surface area (Å²) >= 11 is 3.26. The molecule has 4 nitrogen and oxygen atoms in total. The van der Waals surface area contributed by atoms with E-state index < -0.39 is 0 Å². The molecule has 0 N–H and O–H groups in total. The van der Waals surface area contributed by atoms with Crippen molar-refractivity contribution in [1.29, 1.82) is 0 Å². The van der Waals surface area contributed by atoms with E-state index in [2.05, 4.69) is 15.9 Å². The summed E-state index contributed by atoms with van der Waals surface area (Å²) in [5.74, 6) is -0.382. The summed E-state index contributed by atoms with van der Waals surface area (Å²) in [6.07, 6.45) is 1.66. The first-order valence-electron chi connectivity index (χ1n) is 4.55. The molecule has 0 atom stereocenters. The topological polar surface area (TPSA) is 48.3 Å². The lowest BCUT2D eigenvalue weighted by molar-refractivity contribution is -0.142. The first kappa shape index (κ1) is 12.0. The highest BCUT2D eigenvalue weighted by molar-refractivity contribution is 9.10. The molecule has 82 valence electrons. The Morgan fingerprint density at radius 3 is 2.87 bits per heavy atom. The molecule has 0 bridgehead atoms. The van der Waals surface area contributed by atoms with Crippen molar-refractivity contribution in [3.63, 3.8) is 0 Å². The van der Waals surface area contributed by atoms with Crippen molar-refractivity contribution in [2.75, 3.05) is 6.61 Å². The molecule has 0 unspecified atom stereocenters. The summed E-state index contributed by atoms with van der Waals surface area (Å²) in [4.78, 5) is 22.8. The second-order valence-corrected chi connectivity index (χ2v) is 4.00. The minimum atomic E-state index is -0.382. The zero-order chi connectivity index (χ0) is 11.4. The fraction of sp³-hybridized carbons (Fsp3) is 0.400. The van der Waals surface area contributed by atoms with Crippen LogP contribution in [0.15, 0.2) is 21.5 Å². The van der Waals surface area contributed by atoms with Gasteiger partial charge in [-0.25, -0.2) is 0 Å². The van der Waals surface area contributed by atoms with Crippen LogP contribution in [0.25, 0.3) is 0 Å². The predicted octanol–water partition coefficient (Wildman–Crippen LogP) is 1.25. The van der Waals surface area contributed by atoms with Crippen molar-refractivity contribution in [3.05, 3.63) is 32.7 Å². The highest BCUT2D eigenvalue weighted by atomic mass is 79.9. The normalized spacial score (nSPS) is 10.1. The number of hydrogen-bond donors (Lipinski definition) is 0. The molecule has 0 fully saturated rings. The zero-order valence-electron chi connectivity index (χ0n) is 8.62. The number of halogens is 1. The number of hydrogen-bond acceptors (Lipinski definition) is 3. The van der Waals surface area contributed by atoms with Gasteiger partial charge in [-0.3, -0.25) is 9.59 Å². The van der Waals surface area contributed by atoms with Crippen LogP contribution >= 0.6 is 15.9 Å². The summed E-state index contributed by atoms with van der Waals surface area (Å²) in [6.45, 7) is 2.06. The standard InChI is InChI=1S/C10H12BrNO3/c1-3-15-9(13)5-7-4-8(11)6-12(2)10(7)14/h4,6H,3,5H2,1-2H3. The second kappa shape index (κ2) is 5.11. The molecule has 1 aromatic rings. The third-order valence-corrected chi connectivity index (χ3v) is 2.30. The van der Waals surface area contributed by atoms with Gasteiger partial charge in [-0.1, -0.05) is 0 Å². The predicted molar refractivity (Wildman–Crippen MR) is 59.7 cm³/mol. The first-order valence-corrected chi connectivity index (χ1v) is 5.34. The molecule has 0 spiro atoms. The van der Waals surface area contributed by atoms with E-state index in [9.17, 15) is 9.59 Å². The quantitative estimate of drug-likeness (QED) is 0.779. The minimum Gasteiger partial charge on any atom is -0.466 e. The zero-order valence-corrected chi connectivity index (χ0v) is 10.2. The van der Waals surface area contributed by atoms with Gasteiger partial charge in [0.1, 0.15) is 0 Å². The van der Waals surface area contributed by atoms with Crippen LogP contribution in [0.2, 0.25) is 0 Å². The number of carbonyl (C=O) groups is 1. The fourth-order valence-electron chi connectivity index (χ4n) is 1.23. The molecule has 0 saturated heterocycles. The Labute approximate surface area is 96.0 Å². The summed E-state index contributed by atoms with van der Waals surface area (Å²) < 4.78 is 6.97. The maximum Gasteiger partial charge on any atom is 0.310 e. The number of nitrogens with zero attached hydrogens (tertiary/aromatic N) is 1. The van der Waals surface area contributed by atoms with Gasteiger partial charge in [0.2, 0.25) is 0 Å². The van der Waals surface area contributed by atoms with Crippen molar-refractivity contribution in [1.82, 2.24) is 4.57 Å². The van der Waals surface area contributed by atoms with Crippen molar-refractivity contribution < 1.29 is 9.53 Å². The molecule has 1 rings (SSSR count). The molecule has 0 aliphatic carbocycles. The fourth-order valence-corrected chi connectivity index (χ4v) is 1.81. The summed E-state index contributed by atoms with van der Waals surface area (Å²) in [5.41, 5.74) is 0.261. The van der Waals surface area contributed by atoms with E-state index in [0.29, 0.717) is 12.2 Å². The van der Waals surface area contributed by atoms with E-state index in [1.165, 1.54) is 4.57 Å². The van der Waals surface area contributed by atoms with Crippen LogP contribution in [0.1, 0.15) is 12.5 Å². The SMILES string of the molecule is CCOC(=O)Cc1cc(Br)cn(C)c1=O. The van der Waals surface area contributed by atoms with Gasteiger partial charge in [0, 0.05) is 23.3 Å². The van der Waals surface area contributed by atoms with Crippen LogP contribution in [0, 0.1) is 0 Å². The van der Waals surface area contributed by atoms with Gasteiger partial charge in [-0.05, 0) is 28.9 Å². The Hall–Kier alpha value is -1.10. The summed E-state index contributed by atoms with van der Waals surface area (Å²) in [6, 6.07) is 1.64. The molecule has 0 radical (unpaired) electrons. The molecule has 0 aromatic carbocycles. The van der Waals surface area contributed by atoms with Gasteiger partial charge in [0.15, 0.2) is 0 Å². The average Bonchev–Trinajstić information content (AvgIpc) is 2.13. The van der Waals surface area contributed by atoms with Gasteiger partial charge >= 0.3 is 5.97 Å². The molecule has 1 heterocycles. The second-order valence-electron chi connectivity index (χ2n) is 3.08. The first-order chi connectivity index (χ1) is 7.04. The number of pyridine rings is 1. The molecule has 0 amide bonds. The van der Waals surface area contributed by atoms with E-state index in [1.54, 1.807) is 26.2 Å². The lowest BCUT2D eigenvalue weighted by atomic mass is 10.2. The lowest BCUT2D eigenvalue weighted by Crippen LogP contribution is -2.23. The largest absolute Gasteiger partial charge is 0.466 e. The Morgan fingerprint density at radius 1 is 1.60 bits per heavy atom. The average molecular weight is 274 g/mol. The van der Waals surface area contributed by atoms with E-state index in [0.717, 1.165) is 4.47 Å². The van der Waals surface area contributed by atoms with Gasteiger partial charge in [0.25, 0.3) is 5.56 Å². The summed E-state index contributed by atoms with van der Waals surface area (Å²) in [5, 5.41) is 0. The molecule has 5 heteroatoms. The maximum absolute atomic E-state index is 11.6. The number of ether oxygens (including phenoxy) is 1. The Morgan fingerprint density at radius 2 is 2.27 bits per heavy atom.